The third-order valence-electron chi connectivity index (χ3n) is 8.14. The molecule has 0 bridgehead atoms. The first kappa shape index (κ1) is 32.9. The number of benzene rings is 2. The minimum Gasteiger partial charge on any atom is -0.450 e. The number of methoxy groups -OCH3 is 1. The monoisotopic (exact) mass is 605 g/mol. The van der Waals surface area contributed by atoms with Gasteiger partial charge in [0.15, 0.2) is 11.5 Å². The number of pyridine rings is 1. The number of nitrogens with one attached hydrogen (secondary N) is 2. The van der Waals surface area contributed by atoms with Gasteiger partial charge in [-0.3, -0.25) is 9.59 Å². The first-order chi connectivity index (χ1) is 21.2. The Morgan fingerprint density at radius 1 is 1.25 bits per heavy atom. The van der Waals surface area contributed by atoms with Crippen LogP contribution in [0.5, 0.6) is 5.75 Å². The van der Waals surface area contributed by atoms with E-state index < -0.39 is 17.2 Å². The van der Waals surface area contributed by atoms with E-state index >= 15 is 0 Å². The van der Waals surface area contributed by atoms with Gasteiger partial charge in [0.25, 0.3) is 5.91 Å². The zero-order valence-electron chi connectivity index (χ0n) is 26.2. The molecule has 2 aliphatic heterocycles. The predicted octanol–water partition coefficient (Wildman–Crippen LogP) is 2.91. The second-order valence-corrected chi connectivity index (χ2v) is 10.9. The number of allylic oxidation sites excluding steroid dienone is 1. The van der Waals surface area contributed by atoms with E-state index in [0.717, 1.165) is 62.8 Å². The Bertz CT molecular complexity index is 1690. The van der Waals surface area contributed by atoms with Crippen LogP contribution in [0.25, 0.3) is 28.8 Å². The zero-order chi connectivity index (χ0) is 31.8. The number of nitrogens with two attached hydrogens (primary N) is 1. The van der Waals surface area contributed by atoms with Gasteiger partial charge in [0.1, 0.15) is 22.4 Å². The number of hydrogen-bond donors (Lipinski definition) is 3. The summed E-state index contributed by atoms with van der Waals surface area (Å²) in [5.41, 5.74) is 5.43. The van der Waals surface area contributed by atoms with Crippen LogP contribution in [0.1, 0.15) is 50.4 Å². The van der Waals surface area contributed by atoms with Gasteiger partial charge in [-0.25, -0.2) is 4.39 Å². The molecule has 4 N–H and O–H groups in total. The van der Waals surface area contributed by atoms with E-state index in [-0.39, 0.29) is 27.6 Å². The van der Waals surface area contributed by atoms with Gasteiger partial charge in [-0.1, -0.05) is 50.8 Å². The van der Waals surface area contributed by atoms with E-state index in [9.17, 15) is 14.0 Å². The number of halogens is 1. The van der Waals surface area contributed by atoms with Crippen LogP contribution in [0.3, 0.4) is 0 Å². The molecule has 3 heterocycles. The number of aromatic nitrogens is 1. The summed E-state index contributed by atoms with van der Waals surface area (Å²) in [6, 6.07) is 11.8. The molecule has 1 fully saturated rings. The van der Waals surface area contributed by atoms with Crippen molar-refractivity contribution in [2.24, 2.45) is 5.73 Å². The Morgan fingerprint density at radius 3 is 2.64 bits per heavy atom. The molecule has 10 heteroatoms. The van der Waals surface area contributed by atoms with Crippen molar-refractivity contribution in [2.45, 2.75) is 46.1 Å². The predicted molar refractivity (Wildman–Crippen MR) is 174 cm³/mol. The zero-order valence-corrected chi connectivity index (χ0v) is 26.2. The molecule has 0 spiro atoms. The highest BCUT2D eigenvalue weighted by molar-refractivity contribution is 5.94. The van der Waals surface area contributed by atoms with Crippen LogP contribution in [0.15, 0.2) is 58.9 Å². The molecule has 1 saturated heterocycles. The van der Waals surface area contributed by atoms with Gasteiger partial charge in [0.2, 0.25) is 5.43 Å². The number of fused-ring (bicyclic) bond motifs is 5. The molecule has 1 atom stereocenters. The van der Waals surface area contributed by atoms with Crippen molar-refractivity contribution in [3.63, 3.8) is 0 Å². The van der Waals surface area contributed by atoms with Gasteiger partial charge in [0, 0.05) is 43.0 Å². The first-order valence-electron chi connectivity index (χ1n) is 15.3. The van der Waals surface area contributed by atoms with E-state index in [1.54, 1.807) is 11.7 Å². The summed E-state index contributed by atoms with van der Waals surface area (Å²) >= 11 is 0. The number of carbonyl (C=O) groups excluding carboxylic acids is 1. The average Bonchev–Trinajstić information content (AvgIpc) is 3.54. The number of carbonyl (C=O) groups is 1. The fraction of sp³-hybridized carbons (Fsp3) is 0.412. The quantitative estimate of drug-likeness (QED) is 0.308. The summed E-state index contributed by atoms with van der Waals surface area (Å²) in [6.45, 7) is 15.3. The van der Waals surface area contributed by atoms with E-state index in [1.165, 1.54) is 13.1 Å². The minimum atomic E-state index is -0.856. The lowest BCUT2D eigenvalue weighted by Gasteiger charge is -2.26. The van der Waals surface area contributed by atoms with Crippen LogP contribution in [-0.2, 0) is 4.74 Å². The molecular formula is C34H44FN5O4. The highest BCUT2D eigenvalue weighted by atomic mass is 19.1. The average molecular weight is 606 g/mol. The van der Waals surface area contributed by atoms with E-state index in [0.29, 0.717) is 24.0 Å². The maximum Gasteiger partial charge on any atom is 0.254 e. The number of nitrogens with zero attached hydrogens (tertiary/aromatic N) is 2. The van der Waals surface area contributed by atoms with Crippen molar-refractivity contribution in [3.8, 4) is 11.4 Å². The number of hydrogen-bond acceptors (Lipinski definition) is 7. The van der Waals surface area contributed by atoms with Crippen LogP contribution < -0.4 is 37.1 Å². The summed E-state index contributed by atoms with van der Waals surface area (Å²) in [6.07, 6.45) is 4.41. The first-order valence-corrected chi connectivity index (χ1v) is 15.3. The molecule has 0 aliphatic carbocycles. The third-order valence-corrected chi connectivity index (χ3v) is 8.14. The maximum atomic E-state index is 15.0. The molecule has 2 aliphatic rings. The second kappa shape index (κ2) is 15.1. The van der Waals surface area contributed by atoms with Crippen LogP contribution in [0.2, 0.25) is 0 Å². The summed E-state index contributed by atoms with van der Waals surface area (Å²) < 4.78 is 28.0. The van der Waals surface area contributed by atoms with Crippen molar-refractivity contribution in [3.05, 3.63) is 80.5 Å². The highest BCUT2D eigenvalue weighted by Gasteiger charge is 2.26. The summed E-state index contributed by atoms with van der Waals surface area (Å²) in [5.74, 6) is -0.709. The Labute approximate surface area is 257 Å². The molecular weight excluding hydrogens is 561 g/mol. The standard InChI is InChI=1S/C27H27FN4O3.C7H17NO/c1-15-23-26(22(16(2)28)31-13-11-18-7-5-12-30-18)35-25-19-8-4-3-6-17(19)9-10-21(25)32(23)14-20(24(15)33)27(29)34;1-4-8(5-2)6-7-9-3/h3-4,6,8-10,14,18,30-31H,1,5,7,11-13H2,2H3,(H2,29,34);4-7H2,1-3H3/b22-16-;. The molecule has 1 amide bonds. The van der Waals surface area contributed by atoms with Crippen LogP contribution in [0, 0.1) is 0 Å². The molecule has 3 aromatic rings. The third kappa shape index (κ3) is 7.20. The molecule has 5 rings (SSSR count). The smallest absolute Gasteiger partial charge is 0.254 e. The number of likely N-dealkylation sites (N-methyl/N-ethyl adjacent to an activating group) is 1. The van der Waals surface area contributed by atoms with Gasteiger partial charge < -0.3 is 35.3 Å². The Morgan fingerprint density at radius 2 is 2.00 bits per heavy atom. The second-order valence-electron chi connectivity index (χ2n) is 10.9. The van der Waals surface area contributed by atoms with Crippen molar-refractivity contribution in [1.82, 2.24) is 20.1 Å². The molecule has 9 nitrogen and oxygen atoms in total. The van der Waals surface area contributed by atoms with Gasteiger partial charge >= 0.3 is 0 Å². The largest absolute Gasteiger partial charge is 0.450 e. The minimum absolute atomic E-state index is 0.00752. The van der Waals surface area contributed by atoms with Gasteiger partial charge in [-0.05, 0) is 57.3 Å². The summed E-state index contributed by atoms with van der Waals surface area (Å²) in [5, 5.41) is 8.65. The van der Waals surface area contributed by atoms with Crippen LogP contribution >= 0.6 is 0 Å². The number of primary amides is 1. The van der Waals surface area contributed by atoms with Gasteiger partial charge in [-0.2, -0.15) is 0 Å². The van der Waals surface area contributed by atoms with Crippen molar-refractivity contribution >= 4 is 29.0 Å². The molecule has 236 valence electrons. The fourth-order valence-electron chi connectivity index (χ4n) is 5.62. The van der Waals surface area contributed by atoms with Crippen molar-refractivity contribution < 1.29 is 18.7 Å². The molecule has 2 aromatic carbocycles. The number of rotatable bonds is 11. The molecule has 1 unspecified atom stereocenters. The normalized spacial score (nSPS) is 16.0. The topological polar surface area (TPSA) is 111 Å². The highest BCUT2D eigenvalue weighted by Crippen LogP contribution is 2.36. The lowest BCUT2D eigenvalue weighted by Crippen LogP contribution is -2.50. The maximum absolute atomic E-state index is 15.0. The SMILES string of the molecule is C=c1c(=O)c(C(N)=O)cn2c1=C(/C(NCCC1CCCN1)=C(\C)F)Oc1c-2ccc2ccccc12.CCN(CC)CCOC. The molecule has 0 radical (unpaired) electrons. The van der Waals surface area contributed by atoms with Crippen molar-refractivity contribution in [1.29, 1.82) is 0 Å². The molecule has 0 saturated carbocycles. The fourth-order valence-corrected chi connectivity index (χ4v) is 5.62. The van der Waals surface area contributed by atoms with E-state index in [1.807, 2.05) is 36.4 Å². The van der Waals surface area contributed by atoms with Gasteiger partial charge in [-0.15, -0.1) is 0 Å². The number of ether oxygens (including phenoxy) is 2. The lowest BCUT2D eigenvalue weighted by molar-refractivity contribution is 0.0998. The van der Waals surface area contributed by atoms with E-state index in [2.05, 4.69) is 36.0 Å². The van der Waals surface area contributed by atoms with E-state index in [4.69, 9.17) is 15.2 Å². The lowest BCUT2D eigenvalue weighted by atomic mass is 10.1. The Kier molecular flexibility index (Phi) is 11.3. The van der Waals surface area contributed by atoms with Crippen LogP contribution in [0.4, 0.5) is 4.39 Å². The molecule has 1 aromatic heterocycles. The van der Waals surface area contributed by atoms with Crippen LogP contribution in [-0.4, -0.2) is 67.9 Å². The Hall–Kier alpha value is -3.99. The number of amides is 1. The van der Waals surface area contributed by atoms with Gasteiger partial charge in [0.05, 0.1) is 12.3 Å². The summed E-state index contributed by atoms with van der Waals surface area (Å²) in [4.78, 5) is 27.3. The van der Waals surface area contributed by atoms with Crippen molar-refractivity contribution in [2.75, 3.05) is 46.4 Å². The summed E-state index contributed by atoms with van der Waals surface area (Å²) in [7, 11) is 1.74. The Balaban J connectivity index is 0.000000429. The molecule has 44 heavy (non-hydrogen) atoms.